The van der Waals surface area contributed by atoms with E-state index < -0.39 is 5.97 Å². The average Bonchev–Trinajstić information content (AvgIpc) is 2.73. The molecule has 2 rings (SSSR count). The Morgan fingerprint density at radius 1 is 1.40 bits per heavy atom. The second kappa shape index (κ2) is 5.42. The zero-order chi connectivity index (χ0) is 14.9. The standard InChI is InChI=1S/C13H14ClN3O3/c1-7-16-11(13(18)20-3)12(15)17(7)8-4-5-10(19-2)9(14)6-8/h4-6H,15H2,1-3H3. The number of hydrogen-bond acceptors (Lipinski definition) is 5. The van der Waals surface area contributed by atoms with Crippen molar-refractivity contribution in [2.45, 2.75) is 6.92 Å². The lowest BCUT2D eigenvalue weighted by Crippen LogP contribution is -2.07. The maximum absolute atomic E-state index is 11.6. The van der Waals surface area contributed by atoms with Crippen molar-refractivity contribution in [2.24, 2.45) is 0 Å². The van der Waals surface area contributed by atoms with Crippen LogP contribution in [0.15, 0.2) is 18.2 Å². The van der Waals surface area contributed by atoms with Crippen LogP contribution in [-0.2, 0) is 4.74 Å². The van der Waals surface area contributed by atoms with Gasteiger partial charge in [0.15, 0.2) is 5.69 Å². The lowest BCUT2D eigenvalue weighted by molar-refractivity contribution is 0.0596. The zero-order valence-electron chi connectivity index (χ0n) is 11.3. The molecule has 106 valence electrons. The van der Waals surface area contributed by atoms with Gasteiger partial charge in [0.1, 0.15) is 17.4 Å². The van der Waals surface area contributed by atoms with E-state index >= 15 is 0 Å². The van der Waals surface area contributed by atoms with E-state index in [1.807, 2.05) is 0 Å². The fourth-order valence-corrected chi connectivity index (χ4v) is 2.17. The van der Waals surface area contributed by atoms with Gasteiger partial charge >= 0.3 is 5.97 Å². The van der Waals surface area contributed by atoms with Crippen LogP contribution in [0.2, 0.25) is 5.02 Å². The van der Waals surface area contributed by atoms with Gasteiger partial charge in [0.25, 0.3) is 0 Å². The Morgan fingerprint density at radius 2 is 2.10 bits per heavy atom. The van der Waals surface area contributed by atoms with Gasteiger partial charge in [-0.1, -0.05) is 11.6 Å². The number of aryl methyl sites for hydroxylation is 1. The first kappa shape index (κ1) is 14.2. The van der Waals surface area contributed by atoms with Crippen LogP contribution >= 0.6 is 11.6 Å². The average molecular weight is 296 g/mol. The number of hydrogen-bond donors (Lipinski definition) is 1. The first-order valence-electron chi connectivity index (χ1n) is 5.76. The lowest BCUT2D eigenvalue weighted by atomic mass is 10.3. The van der Waals surface area contributed by atoms with Gasteiger partial charge in [-0.25, -0.2) is 9.78 Å². The summed E-state index contributed by atoms with van der Waals surface area (Å²) in [5.74, 6) is 0.739. The van der Waals surface area contributed by atoms with Gasteiger partial charge in [-0.2, -0.15) is 0 Å². The quantitative estimate of drug-likeness (QED) is 0.878. The predicted octanol–water partition coefficient (Wildman–Crippen LogP) is 2.21. The highest BCUT2D eigenvalue weighted by atomic mass is 35.5. The van der Waals surface area contributed by atoms with E-state index in [-0.39, 0.29) is 11.5 Å². The number of anilines is 1. The number of carbonyl (C=O) groups excluding carboxylic acids is 1. The van der Waals surface area contributed by atoms with E-state index in [1.165, 1.54) is 14.2 Å². The van der Waals surface area contributed by atoms with Crippen LogP contribution in [0.5, 0.6) is 5.75 Å². The number of methoxy groups -OCH3 is 2. The van der Waals surface area contributed by atoms with E-state index in [4.69, 9.17) is 22.1 Å². The molecule has 0 bridgehead atoms. The maximum Gasteiger partial charge on any atom is 0.360 e. The molecule has 2 aromatic rings. The van der Waals surface area contributed by atoms with Crippen LogP contribution < -0.4 is 10.5 Å². The topological polar surface area (TPSA) is 79.4 Å². The van der Waals surface area contributed by atoms with Gasteiger partial charge in [0.05, 0.1) is 24.9 Å². The molecule has 0 amide bonds. The molecule has 0 unspecified atom stereocenters. The third kappa shape index (κ3) is 2.30. The molecule has 6 nitrogen and oxygen atoms in total. The number of nitrogen functional groups attached to an aromatic ring is 1. The van der Waals surface area contributed by atoms with Gasteiger partial charge in [-0.3, -0.25) is 4.57 Å². The van der Waals surface area contributed by atoms with Crippen molar-refractivity contribution >= 4 is 23.4 Å². The van der Waals surface area contributed by atoms with Crippen LogP contribution in [-0.4, -0.2) is 29.7 Å². The molecule has 0 atom stereocenters. The monoisotopic (exact) mass is 295 g/mol. The fraction of sp³-hybridized carbons (Fsp3) is 0.231. The molecule has 0 aliphatic heterocycles. The molecule has 0 radical (unpaired) electrons. The Balaban J connectivity index is 2.56. The van der Waals surface area contributed by atoms with Crippen molar-refractivity contribution in [1.29, 1.82) is 0 Å². The number of carbonyl (C=O) groups is 1. The maximum atomic E-state index is 11.6. The molecule has 20 heavy (non-hydrogen) atoms. The summed E-state index contributed by atoms with van der Waals surface area (Å²) in [4.78, 5) is 15.7. The molecule has 1 aromatic carbocycles. The Morgan fingerprint density at radius 3 is 2.65 bits per heavy atom. The number of nitrogens with zero attached hydrogens (tertiary/aromatic N) is 2. The van der Waals surface area contributed by atoms with Crippen LogP contribution in [0.25, 0.3) is 5.69 Å². The third-order valence-corrected chi connectivity index (χ3v) is 3.15. The smallest absolute Gasteiger partial charge is 0.360 e. The van der Waals surface area contributed by atoms with E-state index in [1.54, 1.807) is 29.7 Å². The van der Waals surface area contributed by atoms with Gasteiger partial charge in [0.2, 0.25) is 0 Å². The van der Waals surface area contributed by atoms with Gasteiger partial charge in [-0.05, 0) is 25.1 Å². The molecule has 7 heteroatoms. The number of nitrogens with two attached hydrogens (primary N) is 1. The first-order chi connectivity index (χ1) is 9.49. The third-order valence-electron chi connectivity index (χ3n) is 2.85. The van der Waals surface area contributed by atoms with Crippen LogP contribution in [0.3, 0.4) is 0 Å². The Kier molecular flexibility index (Phi) is 3.85. The van der Waals surface area contributed by atoms with Crippen LogP contribution in [0.4, 0.5) is 5.82 Å². The molecular weight excluding hydrogens is 282 g/mol. The second-order valence-corrected chi connectivity index (χ2v) is 4.45. The fourth-order valence-electron chi connectivity index (χ4n) is 1.92. The number of ether oxygens (including phenoxy) is 2. The molecule has 1 aromatic heterocycles. The summed E-state index contributed by atoms with van der Waals surface area (Å²) in [6.07, 6.45) is 0. The summed E-state index contributed by atoms with van der Waals surface area (Å²) in [5.41, 5.74) is 6.73. The number of aromatic nitrogens is 2. The number of rotatable bonds is 3. The number of benzene rings is 1. The second-order valence-electron chi connectivity index (χ2n) is 4.04. The van der Waals surface area contributed by atoms with Crippen LogP contribution in [0.1, 0.15) is 16.3 Å². The molecule has 0 aliphatic carbocycles. The highest BCUT2D eigenvalue weighted by molar-refractivity contribution is 6.32. The summed E-state index contributed by atoms with van der Waals surface area (Å²) in [6, 6.07) is 5.18. The molecule has 1 heterocycles. The highest BCUT2D eigenvalue weighted by Gasteiger charge is 2.20. The normalized spacial score (nSPS) is 10.4. The lowest BCUT2D eigenvalue weighted by Gasteiger charge is -2.10. The zero-order valence-corrected chi connectivity index (χ0v) is 12.1. The number of halogens is 1. The summed E-state index contributed by atoms with van der Waals surface area (Å²) in [6.45, 7) is 1.74. The van der Waals surface area contributed by atoms with E-state index in [2.05, 4.69) is 9.72 Å². The van der Waals surface area contributed by atoms with E-state index in [0.29, 0.717) is 22.3 Å². The molecular formula is C13H14ClN3O3. The van der Waals surface area contributed by atoms with Crippen molar-refractivity contribution in [3.8, 4) is 11.4 Å². The molecule has 0 saturated carbocycles. The molecule has 0 fully saturated rings. The minimum absolute atomic E-state index is 0.0805. The summed E-state index contributed by atoms with van der Waals surface area (Å²) >= 11 is 6.09. The minimum Gasteiger partial charge on any atom is -0.495 e. The Labute approximate surface area is 121 Å². The molecule has 0 saturated heterocycles. The van der Waals surface area contributed by atoms with Crippen molar-refractivity contribution in [3.05, 3.63) is 34.7 Å². The SMILES string of the molecule is COC(=O)c1nc(C)n(-c2ccc(OC)c(Cl)c2)c1N. The summed E-state index contributed by atoms with van der Waals surface area (Å²) < 4.78 is 11.4. The van der Waals surface area contributed by atoms with Crippen molar-refractivity contribution in [1.82, 2.24) is 9.55 Å². The summed E-state index contributed by atoms with van der Waals surface area (Å²) in [7, 11) is 2.81. The van der Waals surface area contributed by atoms with Crippen molar-refractivity contribution < 1.29 is 14.3 Å². The van der Waals surface area contributed by atoms with Crippen molar-refractivity contribution in [2.75, 3.05) is 20.0 Å². The van der Waals surface area contributed by atoms with E-state index in [0.717, 1.165) is 0 Å². The number of imidazole rings is 1. The van der Waals surface area contributed by atoms with Gasteiger partial charge in [0, 0.05) is 0 Å². The largest absolute Gasteiger partial charge is 0.495 e. The van der Waals surface area contributed by atoms with Gasteiger partial charge < -0.3 is 15.2 Å². The number of esters is 1. The molecule has 0 aliphatic rings. The Bertz CT molecular complexity index is 667. The minimum atomic E-state index is -0.580. The first-order valence-corrected chi connectivity index (χ1v) is 6.14. The molecule has 0 spiro atoms. The Hall–Kier alpha value is -2.21. The highest BCUT2D eigenvalue weighted by Crippen LogP contribution is 2.29. The van der Waals surface area contributed by atoms with E-state index in [9.17, 15) is 4.79 Å². The predicted molar refractivity (Wildman–Crippen MR) is 75.6 cm³/mol. The molecule has 2 N–H and O–H groups in total. The van der Waals surface area contributed by atoms with Gasteiger partial charge in [-0.15, -0.1) is 0 Å². The van der Waals surface area contributed by atoms with Crippen LogP contribution in [0, 0.1) is 6.92 Å². The van der Waals surface area contributed by atoms with Crippen molar-refractivity contribution in [3.63, 3.8) is 0 Å². The summed E-state index contributed by atoms with van der Waals surface area (Å²) in [5, 5.41) is 0.442.